The molecule has 116 valence electrons. The van der Waals surface area contributed by atoms with Crippen molar-refractivity contribution < 1.29 is 9.59 Å². The molecule has 0 aliphatic rings. The largest absolute Gasteiger partial charge is 0.396 e. The van der Waals surface area contributed by atoms with Crippen molar-refractivity contribution in [1.82, 2.24) is 9.61 Å². The number of nitrogens with zero attached hydrogens (tertiary/aromatic N) is 2. The van der Waals surface area contributed by atoms with E-state index in [0.717, 1.165) is 11.1 Å². The Morgan fingerprint density at radius 2 is 2.00 bits per heavy atom. The maximum atomic E-state index is 11.4. The molecule has 23 heavy (non-hydrogen) atoms. The second-order valence-electron chi connectivity index (χ2n) is 5.12. The van der Waals surface area contributed by atoms with Gasteiger partial charge in [0.2, 0.25) is 5.91 Å². The Balaban J connectivity index is 2.17. The smallest absolute Gasteiger partial charge is 0.252 e. The lowest BCUT2D eigenvalue weighted by molar-refractivity contribution is -0.114. The molecule has 7 heteroatoms. The third kappa shape index (κ3) is 2.59. The van der Waals surface area contributed by atoms with Gasteiger partial charge in [-0.05, 0) is 12.1 Å². The van der Waals surface area contributed by atoms with E-state index in [-0.39, 0.29) is 17.2 Å². The van der Waals surface area contributed by atoms with Gasteiger partial charge in [0.25, 0.3) is 5.91 Å². The van der Waals surface area contributed by atoms with Gasteiger partial charge in [-0.1, -0.05) is 18.2 Å². The first-order valence-corrected chi connectivity index (χ1v) is 6.91. The number of nitrogens with one attached hydrogen (secondary N) is 1. The number of carbonyl (C=O) groups excluding carboxylic acids is 2. The summed E-state index contributed by atoms with van der Waals surface area (Å²) in [6.45, 7) is 1.45. The van der Waals surface area contributed by atoms with E-state index in [9.17, 15) is 9.59 Å². The fourth-order valence-corrected chi connectivity index (χ4v) is 2.45. The molecule has 0 fully saturated rings. The zero-order chi connectivity index (χ0) is 16.6. The zero-order valence-corrected chi connectivity index (χ0v) is 12.4. The standard InChI is InChI=1S/C16H15N5O2/c1-9(22)20-13-5-3-2-4-11(13)10-6-14-15(17)12(16(18)23)7-19-21(14)8-10/h2-8H,17H2,1H3,(H2,18,23)(H,20,22). The first kappa shape index (κ1) is 14.6. The number of carbonyl (C=O) groups is 2. The van der Waals surface area contributed by atoms with Crippen molar-refractivity contribution in [2.45, 2.75) is 6.92 Å². The summed E-state index contributed by atoms with van der Waals surface area (Å²) in [5, 5.41) is 6.93. The number of primary amides is 1. The van der Waals surface area contributed by atoms with Gasteiger partial charge in [-0.3, -0.25) is 9.59 Å². The average Bonchev–Trinajstić information content (AvgIpc) is 2.92. The summed E-state index contributed by atoms with van der Waals surface area (Å²) in [6.07, 6.45) is 3.12. The van der Waals surface area contributed by atoms with Crippen molar-refractivity contribution >= 4 is 28.7 Å². The van der Waals surface area contributed by atoms with Crippen LogP contribution in [0.2, 0.25) is 0 Å². The highest BCUT2D eigenvalue weighted by Gasteiger charge is 2.14. The summed E-state index contributed by atoms with van der Waals surface area (Å²) < 4.78 is 1.57. The van der Waals surface area contributed by atoms with Gasteiger partial charge in [0.05, 0.1) is 23.0 Å². The molecule has 0 saturated carbocycles. The molecule has 7 nitrogen and oxygen atoms in total. The molecule has 0 aliphatic carbocycles. The predicted octanol–water partition coefficient (Wildman–Crippen LogP) is 1.64. The van der Waals surface area contributed by atoms with Crippen LogP contribution in [0.5, 0.6) is 0 Å². The fraction of sp³-hybridized carbons (Fsp3) is 0.0625. The highest BCUT2D eigenvalue weighted by atomic mass is 16.1. The van der Waals surface area contributed by atoms with Gasteiger partial charge < -0.3 is 16.8 Å². The summed E-state index contributed by atoms with van der Waals surface area (Å²) in [6, 6.07) is 9.20. The highest BCUT2D eigenvalue weighted by Crippen LogP contribution is 2.31. The Hall–Kier alpha value is -3.35. The molecule has 0 spiro atoms. The molecular formula is C16H15N5O2. The van der Waals surface area contributed by atoms with Crippen LogP contribution in [0, 0.1) is 0 Å². The second kappa shape index (κ2) is 5.45. The Morgan fingerprint density at radius 3 is 2.70 bits per heavy atom. The van der Waals surface area contributed by atoms with E-state index in [1.54, 1.807) is 16.8 Å². The van der Waals surface area contributed by atoms with Crippen molar-refractivity contribution in [3.63, 3.8) is 0 Å². The lowest BCUT2D eigenvalue weighted by Crippen LogP contribution is -2.15. The molecular weight excluding hydrogens is 294 g/mol. The van der Waals surface area contributed by atoms with Crippen LogP contribution in [-0.4, -0.2) is 21.4 Å². The van der Waals surface area contributed by atoms with Crippen LogP contribution in [0.3, 0.4) is 0 Å². The van der Waals surface area contributed by atoms with Gasteiger partial charge in [0.15, 0.2) is 0 Å². The lowest BCUT2D eigenvalue weighted by atomic mass is 10.1. The van der Waals surface area contributed by atoms with Crippen LogP contribution in [0.1, 0.15) is 17.3 Å². The monoisotopic (exact) mass is 309 g/mol. The van der Waals surface area contributed by atoms with Crippen LogP contribution in [0.25, 0.3) is 16.6 Å². The minimum atomic E-state index is -0.626. The van der Waals surface area contributed by atoms with Gasteiger partial charge in [0, 0.05) is 29.9 Å². The third-order valence-electron chi connectivity index (χ3n) is 3.49. The summed E-state index contributed by atoms with van der Waals surface area (Å²) in [5.74, 6) is -0.784. The van der Waals surface area contributed by atoms with Crippen molar-refractivity contribution in [1.29, 1.82) is 0 Å². The van der Waals surface area contributed by atoms with Gasteiger partial charge in [-0.2, -0.15) is 5.10 Å². The van der Waals surface area contributed by atoms with Crippen LogP contribution in [0.4, 0.5) is 11.4 Å². The van der Waals surface area contributed by atoms with Crippen LogP contribution in [-0.2, 0) is 4.79 Å². The Morgan fingerprint density at radius 1 is 1.26 bits per heavy atom. The van der Waals surface area contributed by atoms with Gasteiger partial charge in [0.1, 0.15) is 0 Å². The third-order valence-corrected chi connectivity index (χ3v) is 3.49. The van der Waals surface area contributed by atoms with E-state index in [1.165, 1.54) is 13.1 Å². The predicted molar refractivity (Wildman–Crippen MR) is 87.9 cm³/mol. The topological polar surface area (TPSA) is 116 Å². The number of amides is 2. The van der Waals surface area contributed by atoms with Gasteiger partial charge in [-0.15, -0.1) is 0 Å². The molecule has 5 N–H and O–H groups in total. The number of fused-ring (bicyclic) bond motifs is 1. The number of para-hydroxylation sites is 1. The minimum absolute atomic E-state index is 0.158. The molecule has 0 radical (unpaired) electrons. The van der Waals surface area contributed by atoms with Crippen LogP contribution >= 0.6 is 0 Å². The first-order chi connectivity index (χ1) is 11.0. The summed E-state index contributed by atoms with van der Waals surface area (Å²) in [7, 11) is 0. The number of nitrogen functional groups attached to an aromatic ring is 1. The first-order valence-electron chi connectivity index (χ1n) is 6.91. The minimum Gasteiger partial charge on any atom is -0.396 e. The number of hydrogen-bond acceptors (Lipinski definition) is 4. The van der Waals surface area contributed by atoms with Crippen LogP contribution in [0.15, 0.2) is 42.7 Å². The Bertz CT molecular complexity index is 929. The van der Waals surface area contributed by atoms with E-state index in [2.05, 4.69) is 10.4 Å². The number of aromatic nitrogens is 2. The van der Waals surface area contributed by atoms with E-state index in [0.29, 0.717) is 11.2 Å². The second-order valence-corrected chi connectivity index (χ2v) is 5.12. The maximum Gasteiger partial charge on any atom is 0.252 e. The molecule has 2 heterocycles. The Labute approximate surface area is 131 Å². The molecule has 0 atom stereocenters. The molecule has 0 saturated heterocycles. The van der Waals surface area contributed by atoms with Crippen LogP contribution < -0.4 is 16.8 Å². The van der Waals surface area contributed by atoms with E-state index in [1.807, 2.05) is 24.3 Å². The van der Waals surface area contributed by atoms with Crippen molar-refractivity contribution in [3.05, 3.63) is 48.3 Å². The molecule has 3 rings (SSSR count). The maximum absolute atomic E-state index is 11.4. The summed E-state index contributed by atoms with van der Waals surface area (Å²) in [5.41, 5.74) is 14.6. The highest BCUT2D eigenvalue weighted by molar-refractivity contribution is 6.02. The van der Waals surface area contributed by atoms with Crippen molar-refractivity contribution in [2.75, 3.05) is 11.1 Å². The molecule has 2 amide bonds. The van der Waals surface area contributed by atoms with Crippen molar-refractivity contribution in [2.24, 2.45) is 5.73 Å². The zero-order valence-electron chi connectivity index (χ0n) is 12.4. The number of hydrogen-bond donors (Lipinski definition) is 3. The molecule has 1 aromatic carbocycles. The molecule has 0 unspecified atom stereocenters. The quantitative estimate of drug-likeness (QED) is 0.682. The molecule has 0 bridgehead atoms. The van der Waals surface area contributed by atoms with Gasteiger partial charge in [-0.25, -0.2) is 4.52 Å². The number of nitrogens with two attached hydrogens (primary N) is 2. The Kier molecular flexibility index (Phi) is 3.46. The van der Waals surface area contributed by atoms with E-state index < -0.39 is 5.91 Å². The fourth-order valence-electron chi connectivity index (χ4n) is 2.45. The SMILES string of the molecule is CC(=O)Nc1ccccc1-c1cc2c(N)c(C(N)=O)cnn2c1. The van der Waals surface area contributed by atoms with Gasteiger partial charge >= 0.3 is 0 Å². The normalized spacial score (nSPS) is 10.7. The summed E-state index contributed by atoms with van der Waals surface area (Å²) in [4.78, 5) is 22.7. The number of rotatable bonds is 3. The lowest BCUT2D eigenvalue weighted by Gasteiger charge is -2.07. The molecule has 0 aliphatic heterocycles. The number of anilines is 2. The summed E-state index contributed by atoms with van der Waals surface area (Å²) >= 11 is 0. The number of benzene rings is 1. The average molecular weight is 309 g/mol. The molecule has 3 aromatic rings. The van der Waals surface area contributed by atoms with E-state index >= 15 is 0 Å². The van der Waals surface area contributed by atoms with E-state index in [4.69, 9.17) is 11.5 Å². The van der Waals surface area contributed by atoms with Crippen molar-refractivity contribution in [3.8, 4) is 11.1 Å². The molecule has 2 aromatic heterocycles.